The summed E-state index contributed by atoms with van der Waals surface area (Å²) >= 11 is 1.19. The first-order chi connectivity index (χ1) is 18.9. The summed E-state index contributed by atoms with van der Waals surface area (Å²) in [5.74, 6) is -4.82. The number of nitrogens with one attached hydrogen (secondary N) is 4. The van der Waals surface area contributed by atoms with Crippen molar-refractivity contribution in [3.05, 3.63) is 37.8 Å². The highest BCUT2D eigenvalue weighted by Crippen LogP contribution is 2.25. The number of H-pyrrole nitrogens is 1. The first-order valence-corrected chi connectivity index (χ1v) is 13.2. The Bertz CT molecular complexity index is 1340. The van der Waals surface area contributed by atoms with Crippen LogP contribution in [0, 0.1) is 5.92 Å². The number of hydrogen-bond acceptors (Lipinski definition) is 10. The lowest BCUT2D eigenvalue weighted by molar-refractivity contribution is -0.143. The van der Waals surface area contributed by atoms with E-state index >= 15 is 0 Å². The molecule has 0 spiro atoms. The van der Waals surface area contributed by atoms with Gasteiger partial charge in [0.25, 0.3) is 11.5 Å². The molecular weight excluding hydrogens is 548 g/mol. The zero-order valence-electron chi connectivity index (χ0n) is 21.3. The van der Waals surface area contributed by atoms with Crippen LogP contribution in [0.3, 0.4) is 0 Å². The number of nitrogen functional groups attached to an aromatic ring is 1. The van der Waals surface area contributed by atoms with Crippen LogP contribution in [0.25, 0.3) is 0 Å². The van der Waals surface area contributed by atoms with Crippen LogP contribution < -0.4 is 27.2 Å². The minimum atomic E-state index is -1.52. The maximum Gasteiger partial charge on any atom is 0.326 e. The van der Waals surface area contributed by atoms with Gasteiger partial charge in [0.1, 0.15) is 17.9 Å². The van der Waals surface area contributed by atoms with Gasteiger partial charge in [-0.3, -0.25) is 29.0 Å². The van der Waals surface area contributed by atoms with Gasteiger partial charge < -0.3 is 37.0 Å². The van der Waals surface area contributed by atoms with Crippen molar-refractivity contribution in [2.45, 2.75) is 57.0 Å². The molecule has 1 aliphatic rings. The Kier molecular flexibility index (Phi) is 10.2. The molecular formula is C24H30N6O9S. The molecule has 3 atom stereocenters. The second-order valence-corrected chi connectivity index (χ2v) is 10.5. The number of carbonyl (C=O) groups excluding carboxylic acids is 2. The summed E-state index contributed by atoms with van der Waals surface area (Å²) in [6, 6.07) is 0.457. The van der Waals surface area contributed by atoms with Gasteiger partial charge >= 0.3 is 17.9 Å². The lowest BCUT2D eigenvalue weighted by Gasteiger charge is -2.24. The molecule has 1 unspecified atom stereocenters. The van der Waals surface area contributed by atoms with Crippen molar-refractivity contribution in [1.29, 1.82) is 0 Å². The molecule has 0 fully saturated rings. The SMILES string of the molecule is Nc1nc2c(c(=O)[nH]1)CC(CCc1ccc(C(=O)N[C@H](CCC(=O)O)C(=O)N[C@H](CCC(=O)O)C(=O)O)s1)CN2. The second kappa shape index (κ2) is 13.5. The fourth-order valence-electron chi connectivity index (χ4n) is 4.20. The summed E-state index contributed by atoms with van der Waals surface area (Å²) in [6.07, 6.45) is 0.198. The van der Waals surface area contributed by atoms with Crippen molar-refractivity contribution < 1.29 is 39.3 Å². The molecule has 2 aromatic rings. The number of nitrogens with zero attached hydrogens (tertiary/aromatic N) is 1. The summed E-state index contributed by atoms with van der Waals surface area (Å²) in [5, 5.41) is 34.9. The van der Waals surface area contributed by atoms with Crippen LogP contribution in [0.15, 0.2) is 16.9 Å². The lowest BCUT2D eigenvalue weighted by Crippen LogP contribution is -2.51. The molecule has 0 saturated heterocycles. The first-order valence-electron chi connectivity index (χ1n) is 12.4. The second-order valence-electron chi connectivity index (χ2n) is 9.32. The number of aliphatic carboxylic acids is 3. The van der Waals surface area contributed by atoms with Gasteiger partial charge in [-0.2, -0.15) is 4.98 Å². The van der Waals surface area contributed by atoms with Crippen LogP contribution >= 0.6 is 11.3 Å². The van der Waals surface area contributed by atoms with E-state index in [-0.39, 0.29) is 35.1 Å². The van der Waals surface area contributed by atoms with Gasteiger partial charge in [-0.1, -0.05) is 0 Å². The summed E-state index contributed by atoms with van der Waals surface area (Å²) in [5.41, 5.74) is 5.83. The lowest BCUT2D eigenvalue weighted by atomic mass is 9.92. The molecule has 0 bridgehead atoms. The van der Waals surface area contributed by atoms with E-state index in [4.69, 9.17) is 15.9 Å². The van der Waals surface area contributed by atoms with Gasteiger partial charge in [-0.05, 0) is 50.2 Å². The van der Waals surface area contributed by atoms with Crippen molar-refractivity contribution >= 4 is 52.8 Å². The van der Waals surface area contributed by atoms with Crippen molar-refractivity contribution in [1.82, 2.24) is 20.6 Å². The van der Waals surface area contributed by atoms with Crippen LogP contribution in [0.5, 0.6) is 0 Å². The van der Waals surface area contributed by atoms with Crippen LogP contribution in [0.1, 0.15) is 52.2 Å². The van der Waals surface area contributed by atoms with E-state index in [1.807, 2.05) is 0 Å². The number of hydrogen-bond donors (Lipinski definition) is 8. The maximum atomic E-state index is 12.9. The Balaban J connectivity index is 1.60. The van der Waals surface area contributed by atoms with Crippen molar-refractivity contribution in [3.8, 4) is 0 Å². The van der Waals surface area contributed by atoms with Crippen LogP contribution in [0.2, 0.25) is 0 Å². The average molecular weight is 579 g/mol. The van der Waals surface area contributed by atoms with E-state index in [0.717, 1.165) is 4.88 Å². The van der Waals surface area contributed by atoms with Gasteiger partial charge in [-0.25, -0.2) is 4.79 Å². The smallest absolute Gasteiger partial charge is 0.326 e. The molecule has 216 valence electrons. The summed E-state index contributed by atoms with van der Waals surface area (Å²) in [7, 11) is 0. The van der Waals surface area contributed by atoms with Gasteiger partial charge in [0.05, 0.1) is 10.4 Å². The summed E-state index contributed by atoms with van der Waals surface area (Å²) < 4.78 is 0. The minimum Gasteiger partial charge on any atom is -0.481 e. The maximum absolute atomic E-state index is 12.9. The van der Waals surface area contributed by atoms with Crippen molar-refractivity contribution in [2.75, 3.05) is 17.6 Å². The molecule has 40 heavy (non-hydrogen) atoms. The molecule has 0 aromatic carbocycles. The fourth-order valence-corrected chi connectivity index (χ4v) is 5.13. The molecule has 0 aliphatic carbocycles. The quantitative estimate of drug-likeness (QED) is 0.148. The van der Waals surface area contributed by atoms with E-state index in [2.05, 4.69) is 25.9 Å². The van der Waals surface area contributed by atoms with Crippen LogP contribution in [0.4, 0.5) is 11.8 Å². The standard InChI is InChI=1S/C24H30N6O9S/c25-24-29-19-13(20(35)30-24)9-11(10-26-19)1-2-12-3-6-16(40-12)22(37)27-14(4-7-17(31)32)21(36)28-15(23(38)39)5-8-18(33)34/h3,6,11,14-15H,1-2,4-5,7-10H2,(H,27,37)(H,28,36)(H,31,32)(H,33,34)(H,38,39)(H4,25,26,29,30,35)/t11?,14-,15-/m1/s1. The average Bonchev–Trinajstić information content (AvgIpc) is 3.36. The largest absolute Gasteiger partial charge is 0.481 e. The first kappa shape index (κ1) is 30.1. The number of nitrogens with two attached hydrogens (primary N) is 1. The number of aromatic nitrogens is 2. The number of fused-ring (bicyclic) bond motifs is 1. The molecule has 9 N–H and O–H groups in total. The Morgan fingerprint density at radius 2 is 1.73 bits per heavy atom. The number of rotatable bonds is 14. The summed E-state index contributed by atoms with van der Waals surface area (Å²) in [4.78, 5) is 78.8. The molecule has 2 aromatic heterocycles. The Labute approximate surface area is 231 Å². The number of aromatic amines is 1. The molecule has 15 nitrogen and oxygen atoms in total. The zero-order valence-corrected chi connectivity index (χ0v) is 22.1. The Morgan fingerprint density at radius 3 is 2.38 bits per heavy atom. The molecule has 0 radical (unpaired) electrons. The predicted molar refractivity (Wildman–Crippen MR) is 142 cm³/mol. The monoisotopic (exact) mass is 578 g/mol. The minimum absolute atomic E-state index is 0.0432. The molecule has 3 heterocycles. The normalized spacial score (nSPS) is 15.7. The highest BCUT2D eigenvalue weighted by molar-refractivity contribution is 7.14. The number of carbonyl (C=O) groups is 5. The van der Waals surface area contributed by atoms with E-state index in [0.29, 0.717) is 37.2 Å². The number of thiophene rings is 1. The van der Waals surface area contributed by atoms with Crippen LogP contribution in [-0.2, 0) is 32.0 Å². The highest BCUT2D eigenvalue weighted by atomic mass is 32.1. The third-order valence-electron chi connectivity index (χ3n) is 6.30. The molecule has 3 rings (SSSR count). The number of aryl methyl sites for hydroxylation is 1. The van der Waals surface area contributed by atoms with E-state index in [9.17, 15) is 33.9 Å². The zero-order chi connectivity index (χ0) is 29.4. The van der Waals surface area contributed by atoms with Gasteiger partial charge in [-0.15, -0.1) is 11.3 Å². The van der Waals surface area contributed by atoms with Crippen LogP contribution in [-0.4, -0.2) is 73.6 Å². The topological polar surface area (TPSA) is 254 Å². The van der Waals surface area contributed by atoms with Crippen molar-refractivity contribution in [3.63, 3.8) is 0 Å². The molecule has 0 saturated carbocycles. The molecule has 2 amide bonds. The van der Waals surface area contributed by atoms with E-state index in [1.165, 1.54) is 11.3 Å². The molecule has 1 aliphatic heterocycles. The number of carboxylic acids is 3. The van der Waals surface area contributed by atoms with E-state index in [1.54, 1.807) is 12.1 Å². The Hall–Kier alpha value is -4.47. The van der Waals surface area contributed by atoms with E-state index < -0.39 is 54.6 Å². The number of carboxylic acid groups (broad SMARTS) is 3. The summed E-state index contributed by atoms with van der Waals surface area (Å²) in [6.45, 7) is 0.603. The third-order valence-corrected chi connectivity index (χ3v) is 7.44. The number of anilines is 2. The predicted octanol–water partition coefficient (Wildman–Crippen LogP) is 0.0280. The fraction of sp³-hybridized carbons (Fsp3) is 0.458. The Morgan fingerprint density at radius 1 is 1.05 bits per heavy atom. The number of amides is 2. The van der Waals surface area contributed by atoms with Crippen molar-refractivity contribution in [2.24, 2.45) is 5.92 Å². The highest BCUT2D eigenvalue weighted by Gasteiger charge is 2.28. The molecule has 16 heteroatoms. The third kappa shape index (κ3) is 8.52. The van der Waals surface area contributed by atoms with Gasteiger partial charge in [0.2, 0.25) is 11.9 Å². The van der Waals surface area contributed by atoms with Gasteiger partial charge in [0, 0.05) is 24.3 Å². The van der Waals surface area contributed by atoms with Gasteiger partial charge in [0.15, 0.2) is 0 Å².